The van der Waals surface area contributed by atoms with Gasteiger partial charge in [-0.2, -0.15) is 0 Å². The van der Waals surface area contributed by atoms with Crippen molar-refractivity contribution in [1.82, 2.24) is 4.98 Å². The molecule has 7 heteroatoms. The molecule has 0 spiro atoms. The van der Waals surface area contributed by atoms with Crippen LogP contribution in [-0.4, -0.2) is 36.2 Å². The number of nitrogens with one attached hydrogen (secondary N) is 1. The number of pyridine rings is 1. The number of esters is 2. The van der Waals surface area contributed by atoms with Crippen LogP contribution < -0.4 is 5.32 Å². The molecule has 2 rings (SSSR count). The SMILES string of the molecule is CCC(=O)OC1CC(Nc2cc(Cl)ncc2C(=O)OC)C1. The molecule has 0 aliphatic heterocycles. The van der Waals surface area contributed by atoms with Crippen molar-refractivity contribution < 1.29 is 19.1 Å². The lowest BCUT2D eigenvalue weighted by Gasteiger charge is -2.36. The van der Waals surface area contributed by atoms with Crippen molar-refractivity contribution in [3.63, 3.8) is 0 Å². The van der Waals surface area contributed by atoms with Gasteiger partial charge in [-0.3, -0.25) is 4.79 Å². The highest BCUT2D eigenvalue weighted by molar-refractivity contribution is 6.29. The minimum atomic E-state index is -0.477. The Hall–Kier alpha value is -1.82. The number of ether oxygens (including phenoxy) is 2. The van der Waals surface area contributed by atoms with E-state index in [-0.39, 0.29) is 18.1 Å². The van der Waals surface area contributed by atoms with Gasteiger partial charge in [0.15, 0.2) is 0 Å². The summed E-state index contributed by atoms with van der Waals surface area (Å²) in [6, 6.07) is 1.71. The molecule has 1 N–H and O–H groups in total. The van der Waals surface area contributed by atoms with Crippen LogP contribution in [0.25, 0.3) is 0 Å². The van der Waals surface area contributed by atoms with Gasteiger partial charge >= 0.3 is 11.9 Å². The molecule has 1 aliphatic rings. The van der Waals surface area contributed by atoms with Crippen LogP contribution in [0.15, 0.2) is 12.3 Å². The van der Waals surface area contributed by atoms with Crippen molar-refractivity contribution in [3.05, 3.63) is 23.0 Å². The third kappa shape index (κ3) is 3.85. The summed E-state index contributed by atoms with van der Waals surface area (Å²) >= 11 is 5.85. The molecule has 1 fully saturated rings. The van der Waals surface area contributed by atoms with Crippen LogP contribution in [-0.2, 0) is 14.3 Å². The highest BCUT2D eigenvalue weighted by atomic mass is 35.5. The first-order valence-electron chi connectivity index (χ1n) is 6.73. The van der Waals surface area contributed by atoms with E-state index in [2.05, 4.69) is 10.3 Å². The van der Waals surface area contributed by atoms with Gasteiger partial charge in [-0.15, -0.1) is 0 Å². The predicted molar refractivity (Wildman–Crippen MR) is 77.4 cm³/mol. The quantitative estimate of drug-likeness (QED) is 0.664. The van der Waals surface area contributed by atoms with Crippen molar-refractivity contribution in [1.29, 1.82) is 0 Å². The molecule has 0 radical (unpaired) electrons. The largest absolute Gasteiger partial charge is 0.465 e. The van der Waals surface area contributed by atoms with Gasteiger partial charge in [-0.1, -0.05) is 18.5 Å². The van der Waals surface area contributed by atoms with E-state index in [0.717, 1.165) is 0 Å². The molecule has 0 amide bonds. The summed E-state index contributed by atoms with van der Waals surface area (Å²) in [6.07, 6.45) is 3.09. The standard InChI is InChI=1S/C14H17ClN2O4/c1-3-13(18)21-9-4-8(5-9)17-11-6-12(15)16-7-10(11)14(19)20-2/h6-9H,3-5H2,1-2H3,(H,16,17). The van der Waals surface area contributed by atoms with Crippen LogP contribution in [0.5, 0.6) is 0 Å². The number of nitrogens with zero attached hydrogens (tertiary/aromatic N) is 1. The van der Waals surface area contributed by atoms with Crippen LogP contribution in [0.1, 0.15) is 36.5 Å². The van der Waals surface area contributed by atoms with Gasteiger partial charge in [0.2, 0.25) is 0 Å². The molecule has 1 saturated carbocycles. The number of hydrogen-bond acceptors (Lipinski definition) is 6. The third-order valence-corrected chi connectivity index (χ3v) is 3.52. The zero-order valence-electron chi connectivity index (χ0n) is 11.9. The maximum absolute atomic E-state index is 11.7. The van der Waals surface area contributed by atoms with Gasteiger partial charge in [0.25, 0.3) is 0 Å². The topological polar surface area (TPSA) is 77.5 Å². The number of methoxy groups -OCH3 is 1. The summed E-state index contributed by atoms with van der Waals surface area (Å²) in [5.74, 6) is -0.671. The van der Waals surface area contributed by atoms with E-state index in [1.165, 1.54) is 13.3 Å². The van der Waals surface area contributed by atoms with E-state index in [0.29, 0.717) is 35.7 Å². The number of hydrogen-bond donors (Lipinski definition) is 1. The van der Waals surface area contributed by atoms with E-state index >= 15 is 0 Å². The van der Waals surface area contributed by atoms with E-state index in [1.54, 1.807) is 13.0 Å². The van der Waals surface area contributed by atoms with Gasteiger partial charge in [-0.25, -0.2) is 9.78 Å². The first-order valence-corrected chi connectivity index (χ1v) is 7.11. The van der Waals surface area contributed by atoms with Crippen molar-refractivity contribution in [2.75, 3.05) is 12.4 Å². The summed E-state index contributed by atoms with van der Waals surface area (Å²) in [6.45, 7) is 1.76. The summed E-state index contributed by atoms with van der Waals surface area (Å²) < 4.78 is 9.92. The Balaban J connectivity index is 1.97. The fraction of sp³-hybridized carbons (Fsp3) is 0.500. The molecular weight excluding hydrogens is 296 g/mol. The Morgan fingerprint density at radius 3 is 2.81 bits per heavy atom. The molecular formula is C14H17ClN2O4. The monoisotopic (exact) mass is 312 g/mol. The number of anilines is 1. The number of carbonyl (C=O) groups is 2. The van der Waals surface area contributed by atoms with Crippen LogP contribution in [0.2, 0.25) is 5.15 Å². The average molecular weight is 313 g/mol. The zero-order valence-corrected chi connectivity index (χ0v) is 12.6. The molecule has 0 aromatic carbocycles. The average Bonchev–Trinajstić information content (AvgIpc) is 2.44. The van der Waals surface area contributed by atoms with Crippen molar-refractivity contribution in [2.45, 2.75) is 38.3 Å². The highest BCUT2D eigenvalue weighted by Crippen LogP contribution is 2.29. The highest BCUT2D eigenvalue weighted by Gasteiger charge is 2.32. The van der Waals surface area contributed by atoms with Crippen LogP contribution in [0, 0.1) is 0 Å². The Morgan fingerprint density at radius 1 is 1.48 bits per heavy atom. The second-order valence-corrected chi connectivity index (χ2v) is 5.21. The summed E-state index contributed by atoms with van der Waals surface area (Å²) in [5, 5.41) is 3.50. The minimum Gasteiger partial charge on any atom is -0.465 e. The maximum atomic E-state index is 11.7. The third-order valence-electron chi connectivity index (χ3n) is 3.32. The lowest BCUT2D eigenvalue weighted by molar-refractivity contribution is -0.152. The first kappa shape index (κ1) is 15.6. The molecule has 1 aromatic heterocycles. The molecule has 0 saturated heterocycles. The molecule has 114 valence electrons. The van der Waals surface area contributed by atoms with Gasteiger partial charge < -0.3 is 14.8 Å². The van der Waals surface area contributed by atoms with Gasteiger partial charge in [0.1, 0.15) is 16.8 Å². The lowest BCUT2D eigenvalue weighted by Crippen LogP contribution is -2.42. The Morgan fingerprint density at radius 2 is 2.19 bits per heavy atom. The van der Waals surface area contributed by atoms with Crippen LogP contribution >= 0.6 is 11.6 Å². The summed E-state index contributed by atoms with van der Waals surface area (Å²) in [7, 11) is 1.31. The summed E-state index contributed by atoms with van der Waals surface area (Å²) in [4.78, 5) is 26.7. The van der Waals surface area contributed by atoms with E-state index in [1.807, 2.05) is 0 Å². The lowest BCUT2D eigenvalue weighted by atomic mass is 9.89. The first-order chi connectivity index (χ1) is 10.0. The van der Waals surface area contributed by atoms with Gasteiger partial charge in [0.05, 0.1) is 12.8 Å². The zero-order chi connectivity index (χ0) is 15.4. The predicted octanol–water partition coefficient (Wildman–Crippen LogP) is 2.42. The number of rotatable bonds is 5. The molecule has 21 heavy (non-hydrogen) atoms. The maximum Gasteiger partial charge on any atom is 0.341 e. The van der Waals surface area contributed by atoms with E-state index < -0.39 is 5.97 Å². The van der Waals surface area contributed by atoms with Crippen LogP contribution in [0.4, 0.5) is 5.69 Å². The van der Waals surface area contributed by atoms with Crippen molar-refractivity contribution >= 4 is 29.2 Å². The Labute approximate surface area is 127 Å². The van der Waals surface area contributed by atoms with Gasteiger partial charge in [-0.05, 0) is 6.07 Å². The normalized spacial score (nSPS) is 20.3. The van der Waals surface area contributed by atoms with Crippen molar-refractivity contribution in [2.24, 2.45) is 0 Å². The number of halogens is 1. The van der Waals surface area contributed by atoms with E-state index in [4.69, 9.17) is 21.1 Å². The Kier molecular flexibility index (Phi) is 5.01. The fourth-order valence-electron chi connectivity index (χ4n) is 2.09. The number of aromatic nitrogens is 1. The molecule has 0 atom stereocenters. The smallest absolute Gasteiger partial charge is 0.341 e. The Bertz CT molecular complexity index is 544. The molecule has 0 unspecified atom stereocenters. The van der Waals surface area contributed by atoms with Crippen molar-refractivity contribution in [3.8, 4) is 0 Å². The second-order valence-electron chi connectivity index (χ2n) is 4.82. The molecule has 0 bridgehead atoms. The molecule has 1 aromatic rings. The fourth-order valence-corrected chi connectivity index (χ4v) is 2.25. The number of carbonyl (C=O) groups excluding carboxylic acids is 2. The molecule has 1 aliphatic carbocycles. The second kappa shape index (κ2) is 6.76. The van der Waals surface area contributed by atoms with Crippen LogP contribution in [0.3, 0.4) is 0 Å². The molecule has 1 heterocycles. The molecule has 6 nitrogen and oxygen atoms in total. The summed E-state index contributed by atoms with van der Waals surface area (Å²) in [5.41, 5.74) is 0.906. The van der Waals surface area contributed by atoms with E-state index in [9.17, 15) is 9.59 Å². The minimum absolute atomic E-state index is 0.0613. The van der Waals surface area contributed by atoms with Gasteiger partial charge in [0, 0.05) is 31.5 Å².